The number of thiocarbonyl (C=S) groups is 1. The molecule has 1 atom stereocenters. The second-order valence-corrected chi connectivity index (χ2v) is 5.69. The molecule has 0 saturated heterocycles. The van der Waals surface area contributed by atoms with E-state index in [9.17, 15) is 0 Å². The van der Waals surface area contributed by atoms with Crippen molar-refractivity contribution < 1.29 is 0 Å². The topological polar surface area (TPSA) is 50.1 Å². The molecular formula is C13H16BrN3S. The van der Waals surface area contributed by atoms with Crippen LogP contribution in [0.3, 0.4) is 0 Å². The van der Waals surface area contributed by atoms with Crippen LogP contribution < -0.4 is 16.6 Å². The average Bonchev–Trinajstić information content (AvgIpc) is 2.37. The molecule has 18 heavy (non-hydrogen) atoms. The van der Waals surface area contributed by atoms with Gasteiger partial charge < -0.3 is 5.73 Å². The van der Waals surface area contributed by atoms with Gasteiger partial charge in [0.1, 0.15) is 0 Å². The van der Waals surface area contributed by atoms with E-state index in [1.165, 1.54) is 17.6 Å². The number of hydrazine groups is 1. The Morgan fingerprint density at radius 3 is 2.72 bits per heavy atom. The third-order valence-corrected chi connectivity index (χ3v) is 3.59. The van der Waals surface area contributed by atoms with Crippen molar-refractivity contribution in [1.82, 2.24) is 10.9 Å². The average molecular weight is 326 g/mol. The van der Waals surface area contributed by atoms with E-state index in [1.54, 1.807) is 0 Å². The summed E-state index contributed by atoms with van der Waals surface area (Å²) in [6.45, 7) is 0. The highest BCUT2D eigenvalue weighted by Crippen LogP contribution is 2.27. The lowest BCUT2D eigenvalue weighted by Crippen LogP contribution is -2.46. The lowest BCUT2D eigenvalue weighted by atomic mass is 9.91. The van der Waals surface area contributed by atoms with E-state index in [-0.39, 0.29) is 11.2 Å². The molecule has 0 bridgehead atoms. The first-order valence-electron chi connectivity index (χ1n) is 5.93. The van der Waals surface area contributed by atoms with Crippen LogP contribution in [0.4, 0.5) is 0 Å². The van der Waals surface area contributed by atoms with E-state index in [0.717, 1.165) is 17.3 Å². The number of hydrogen-bond donors (Lipinski definition) is 3. The lowest BCUT2D eigenvalue weighted by molar-refractivity contribution is 0.507. The largest absolute Gasteiger partial charge is 0.375 e. The molecule has 0 heterocycles. The Balaban J connectivity index is 2.07. The third-order valence-electron chi connectivity index (χ3n) is 2.96. The van der Waals surface area contributed by atoms with Crippen LogP contribution in [0.1, 0.15) is 24.8 Å². The summed E-state index contributed by atoms with van der Waals surface area (Å²) in [5, 5.41) is 0.277. The maximum Gasteiger partial charge on any atom is 0.178 e. The number of nitrogens with one attached hydrogen (secondary N) is 2. The van der Waals surface area contributed by atoms with Gasteiger partial charge in [-0.2, -0.15) is 0 Å². The summed E-state index contributed by atoms with van der Waals surface area (Å²) in [5.74, 6) is 0. The van der Waals surface area contributed by atoms with Crippen LogP contribution in [0.15, 0.2) is 34.8 Å². The number of benzene rings is 1. The molecule has 0 spiro atoms. The Kier molecular flexibility index (Phi) is 4.74. The van der Waals surface area contributed by atoms with Gasteiger partial charge in [0, 0.05) is 10.5 Å². The van der Waals surface area contributed by atoms with Crippen LogP contribution >= 0.6 is 28.1 Å². The Hall–Kier alpha value is -0.910. The third kappa shape index (κ3) is 3.80. The van der Waals surface area contributed by atoms with Crippen LogP contribution in [0.5, 0.6) is 0 Å². The van der Waals surface area contributed by atoms with Gasteiger partial charge in [0.15, 0.2) is 5.11 Å². The molecule has 3 nitrogen and oxygen atoms in total. The van der Waals surface area contributed by atoms with Gasteiger partial charge >= 0.3 is 0 Å². The first-order chi connectivity index (χ1) is 8.65. The zero-order valence-corrected chi connectivity index (χ0v) is 12.4. The Morgan fingerprint density at radius 2 is 2.06 bits per heavy atom. The number of halogens is 1. The highest BCUT2D eigenvalue weighted by atomic mass is 79.9. The van der Waals surface area contributed by atoms with Crippen molar-refractivity contribution in [1.29, 1.82) is 0 Å². The van der Waals surface area contributed by atoms with Crippen molar-refractivity contribution in [3.05, 3.63) is 40.4 Å². The second-order valence-electron chi connectivity index (χ2n) is 4.33. The molecule has 96 valence electrons. The summed E-state index contributed by atoms with van der Waals surface area (Å²) in [6.07, 6.45) is 5.62. The zero-order valence-electron chi connectivity index (χ0n) is 9.95. The predicted octanol–water partition coefficient (Wildman–Crippen LogP) is 2.72. The lowest BCUT2D eigenvalue weighted by Gasteiger charge is -2.22. The molecule has 0 aliphatic heterocycles. The molecule has 1 aliphatic carbocycles. The van der Waals surface area contributed by atoms with Crippen LogP contribution in [-0.4, -0.2) is 11.2 Å². The highest BCUT2D eigenvalue weighted by Gasteiger charge is 2.14. The van der Waals surface area contributed by atoms with Crippen molar-refractivity contribution in [2.75, 3.05) is 0 Å². The van der Waals surface area contributed by atoms with Crippen molar-refractivity contribution in [3.8, 4) is 0 Å². The molecule has 1 aromatic rings. The molecule has 5 heteroatoms. The van der Waals surface area contributed by atoms with Gasteiger partial charge in [0.2, 0.25) is 0 Å². The van der Waals surface area contributed by atoms with Crippen LogP contribution in [-0.2, 0) is 0 Å². The molecular weight excluding hydrogens is 310 g/mol. The van der Waals surface area contributed by atoms with Gasteiger partial charge in [-0.1, -0.05) is 34.1 Å². The first-order valence-corrected chi connectivity index (χ1v) is 7.13. The van der Waals surface area contributed by atoms with Crippen LogP contribution in [0, 0.1) is 0 Å². The summed E-state index contributed by atoms with van der Waals surface area (Å²) < 4.78 is 1.10. The van der Waals surface area contributed by atoms with Crippen LogP contribution in [0.2, 0.25) is 0 Å². The molecule has 0 fully saturated rings. The van der Waals surface area contributed by atoms with E-state index in [4.69, 9.17) is 18.0 Å². The summed E-state index contributed by atoms with van der Waals surface area (Å²) in [4.78, 5) is 0. The minimum absolute atomic E-state index is 0.277. The minimum Gasteiger partial charge on any atom is -0.375 e. The number of allylic oxidation sites excluding steroid dienone is 1. The van der Waals surface area contributed by atoms with Gasteiger partial charge in [0.25, 0.3) is 0 Å². The fourth-order valence-electron chi connectivity index (χ4n) is 2.10. The SMILES string of the molecule is NC(=S)NNC1C=C(c2ccc(Br)cc2)CCC1. The molecule has 2 rings (SSSR count). The van der Waals surface area contributed by atoms with Crippen molar-refractivity contribution in [2.24, 2.45) is 5.73 Å². The van der Waals surface area contributed by atoms with Gasteiger partial charge in [0.05, 0.1) is 0 Å². The van der Waals surface area contributed by atoms with E-state index in [0.29, 0.717) is 0 Å². The standard InChI is InChI=1S/C13H16BrN3S/c14-11-6-4-9(5-7-11)10-2-1-3-12(8-10)16-17-13(15)18/h4-8,12,16H,1-3H2,(H3,15,17,18). The van der Waals surface area contributed by atoms with E-state index >= 15 is 0 Å². The van der Waals surface area contributed by atoms with Crippen LogP contribution in [0.25, 0.3) is 5.57 Å². The quantitative estimate of drug-likeness (QED) is 0.590. The summed E-state index contributed by atoms with van der Waals surface area (Å²) in [6, 6.07) is 8.69. The summed E-state index contributed by atoms with van der Waals surface area (Å²) in [7, 11) is 0. The van der Waals surface area contributed by atoms with Gasteiger partial charge in [-0.05, 0) is 54.7 Å². The molecule has 1 unspecified atom stereocenters. The molecule has 0 radical (unpaired) electrons. The van der Waals surface area contributed by atoms with Crippen molar-refractivity contribution >= 4 is 38.8 Å². The predicted molar refractivity (Wildman–Crippen MR) is 82.8 cm³/mol. The maximum atomic E-state index is 5.40. The minimum atomic E-state index is 0.277. The highest BCUT2D eigenvalue weighted by molar-refractivity contribution is 9.10. The Bertz CT molecular complexity index is 456. The fourth-order valence-corrected chi connectivity index (χ4v) is 2.43. The summed E-state index contributed by atoms with van der Waals surface area (Å²) >= 11 is 8.23. The van der Waals surface area contributed by atoms with Gasteiger partial charge in [-0.3, -0.25) is 5.43 Å². The second kappa shape index (κ2) is 6.31. The Morgan fingerprint density at radius 1 is 1.33 bits per heavy atom. The number of hydrogen-bond acceptors (Lipinski definition) is 2. The van der Waals surface area contributed by atoms with Gasteiger partial charge in [-0.15, -0.1) is 0 Å². The van der Waals surface area contributed by atoms with E-state index in [1.807, 2.05) is 0 Å². The summed E-state index contributed by atoms with van der Waals surface area (Å²) in [5.41, 5.74) is 14.0. The number of rotatable bonds is 3. The fraction of sp³-hybridized carbons (Fsp3) is 0.308. The monoisotopic (exact) mass is 325 g/mol. The molecule has 4 N–H and O–H groups in total. The first kappa shape index (κ1) is 13.5. The smallest absolute Gasteiger partial charge is 0.178 e. The molecule has 0 aromatic heterocycles. The molecule has 1 aliphatic rings. The molecule has 0 amide bonds. The van der Waals surface area contributed by atoms with Crippen molar-refractivity contribution in [3.63, 3.8) is 0 Å². The van der Waals surface area contributed by atoms with E-state index < -0.39 is 0 Å². The zero-order chi connectivity index (χ0) is 13.0. The van der Waals surface area contributed by atoms with Crippen molar-refractivity contribution in [2.45, 2.75) is 25.3 Å². The molecule has 1 aromatic carbocycles. The Labute approximate surface area is 121 Å². The normalized spacial score (nSPS) is 19.2. The maximum absolute atomic E-state index is 5.40. The van der Waals surface area contributed by atoms with Gasteiger partial charge in [-0.25, -0.2) is 5.43 Å². The number of nitrogens with two attached hydrogens (primary N) is 1. The molecule has 0 saturated carbocycles. The van der Waals surface area contributed by atoms with E-state index in [2.05, 4.69) is 57.1 Å².